The minimum atomic E-state index is -0.219. The Morgan fingerprint density at radius 3 is 2.79 bits per heavy atom. The third kappa shape index (κ3) is 3.38. The third-order valence-corrected chi connectivity index (χ3v) is 4.51. The van der Waals surface area contributed by atoms with E-state index in [9.17, 15) is 4.79 Å². The maximum Gasteiger partial charge on any atom is 0.271 e. The van der Waals surface area contributed by atoms with E-state index < -0.39 is 0 Å². The lowest BCUT2D eigenvalue weighted by Crippen LogP contribution is -2.45. The lowest BCUT2D eigenvalue weighted by atomic mass is 9.73. The number of benzene rings is 1. The topological polar surface area (TPSA) is 73.3 Å². The molecule has 3 rings (SSSR count). The molecule has 0 atom stereocenters. The van der Waals surface area contributed by atoms with Gasteiger partial charge in [0, 0.05) is 43.1 Å². The number of nitrogens with zero attached hydrogens (tertiary/aromatic N) is 2. The summed E-state index contributed by atoms with van der Waals surface area (Å²) in [5, 5.41) is 3.01. The van der Waals surface area contributed by atoms with Crippen molar-refractivity contribution in [1.29, 1.82) is 0 Å². The van der Waals surface area contributed by atoms with E-state index in [1.807, 2.05) is 18.2 Å². The number of methoxy groups -OCH3 is 1. The molecule has 1 aliphatic rings. The van der Waals surface area contributed by atoms with Crippen LogP contribution in [0.3, 0.4) is 0 Å². The van der Waals surface area contributed by atoms with Crippen molar-refractivity contribution in [3.63, 3.8) is 0 Å². The van der Waals surface area contributed by atoms with Crippen LogP contribution in [0, 0.1) is 0 Å². The van der Waals surface area contributed by atoms with Gasteiger partial charge in [-0.1, -0.05) is 18.2 Å². The highest BCUT2D eigenvalue weighted by Crippen LogP contribution is 2.39. The first-order valence-corrected chi connectivity index (χ1v) is 8.01. The number of aromatic nitrogens is 2. The van der Waals surface area contributed by atoms with Gasteiger partial charge in [-0.3, -0.25) is 9.78 Å². The van der Waals surface area contributed by atoms with Gasteiger partial charge in [0.25, 0.3) is 5.91 Å². The molecule has 6 heteroatoms. The van der Waals surface area contributed by atoms with Gasteiger partial charge in [-0.15, -0.1) is 0 Å². The molecule has 0 aliphatic carbocycles. The lowest BCUT2D eigenvalue weighted by Gasteiger charge is -2.38. The molecule has 1 saturated heterocycles. The highest BCUT2D eigenvalue weighted by molar-refractivity contribution is 5.91. The van der Waals surface area contributed by atoms with Gasteiger partial charge in [-0.25, -0.2) is 4.98 Å². The number of carbonyl (C=O) groups excluding carboxylic acids is 1. The van der Waals surface area contributed by atoms with Crippen molar-refractivity contribution in [1.82, 2.24) is 15.3 Å². The number of amides is 1. The first kappa shape index (κ1) is 16.4. The van der Waals surface area contributed by atoms with Crippen molar-refractivity contribution in [2.24, 2.45) is 0 Å². The Morgan fingerprint density at radius 2 is 2.08 bits per heavy atom. The van der Waals surface area contributed by atoms with Crippen molar-refractivity contribution < 1.29 is 14.3 Å². The second kappa shape index (κ2) is 7.40. The SMILES string of the molecule is COc1ccccc1C1(CNC(=O)c2cnccn2)CCOCC1. The second-order valence-corrected chi connectivity index (χ2v) is 5.87. The van der Waals surface area contributed by atoms with E-state index in [1.165, 1.54) is 12.4 Å². The first-order chi connectivity index (χ1) is 11.7. The predicted molar refractivity (Wildman–Crippen MR) is 89.1 cm³/mol. The molecule has 1 N–H and O–H groups in total. The molecular weight excluding hydrogens is 306 g/mol. The van der Waals surface area contributed by atoms with E-state index in [-0.39, 0.29) is 11.3 Å². The Balaban J connectivity index is 1.83. The Kier molecular flexibility index (Phi) is 5.05. The van der Waals surface area contributed by atoms with Crippen LogP contribution in [0.5, 0.6) is 5.75 Å². The van der Waals surface area contributed by atoms with Crippen molar-refractivity contribution in [2.45, 2.75) is 18.3 Å². The van der Waals surface area contributed by atoms with Crippen LogP contribution in [0.15, 0.2) is 42.9 Å². The van der Waals surface area contributed by atoms with Crippen LogP contribution in [-0.2, 0) is 10.2 Å². The Bertz CT molecular complexity index is 685. The zero-order chi connectivity index (χ0) is 16.8. The Hall–Kier alpha value is -2.47. The van der Waals surface area contributed by atoms with Crippen LogP contribution in [0.1, 0.15) is 28.9 Å². The maximum atomic E-state index is 12.3. The standard InChI is InChI=1S/C18H21N3O3/c1-23-16-5-3-2-4-14(16)18(6-10-24-11-7-18)13-21-17(22)15-12-19-8-9-20-15/h2-5,8-9,12H,6-7,10-11,13H2,1H3,(H,21,22). The van der Waals surface area contributed by atoms with Crippen LogP contribution in [0.4, 0.5) is 0 Å². The van der Waals surface area contributed by atoms with E-state index in [2.05, 4.69) is 21.4 Å². The lowest BCUT2D eigenvalue weighted by molar-refractivity contribution is 0.0478. The fraction of sp³-hybridized carbons (Fsp3) is 0.389. The van der Waals surface area contributed by atoms with Gasteiger partial charge >= 0.3 is 0 Å². The fourth-order valence-electron chi connectivity index (χ4n) is 3.14. The minimum absolute atomic E-state index is 0.206. The summed E-state index contributed by atoms with van der Waals surface area (Å²) < 4.78 is 11.1. The number of hydrogen-bond donors (Lipinski definition) is 1. The fourth-order valence-corrected chi connectivity index (χ4v) is 3.14. The molecule has 0 bridgehead atoms. The van der Waals surface area contributed by atoms with Crippen molar-refractivity contribution in [3.05, 3.63) is 54.1 Å². The van der Waals surface area contributed by atoms with E-state index in [0.29, 0.717) is 25.5 Å². The molecule has 2 heterocycles. The van der Waals surface area contributed by atoms with Crippen molar-refractivity contribution >= 4 is 5.91 Å². The highest BCUT2D eigenvalue weighted by atomic mass is 16.5. The van der Waals surface area contributed by atoms with Crippen LogP contribution >= 0.6 is 0 Å². The number of carbonyl (C=O) groups is 1. The molecule has 1 aromatic heterocycles. The van der Waals surface area contributed by atoms with E-state index >= 15 is 0 Å². The summed E-state index contributed by atoms with van der Waals surface area (Å²) in [7, 11) is 1.67. The molecule has 0 radical (unpaired) electrons. The van der Waals surface area contributed by atoms with Crippen molar-refractivity contribution in [3.8, 4) is 5.75 Å². The third-order valence-electron chi connectivity index (χ3n) is 4.51. The van der Waals surface area contributed by atoms with E-state index in [0.717, 1.165) is 24.2 Å². The highest BCUT2D eigenvalue weighted by Gasteiger charge is 2.37. The first-order valence-electron chi connectivity index (χ1n) is 8.01. The van der Waals surface area contributed by atoms with Gasteiger partial charge in [0.15, 0.2) is 0 Å². The normalized spacial score (nSPS) is 16.4. The van der Waals surface area contributed by atoms with Crippen LogP contribution in [-0.4, -0.2) is 42.7 Å². The second-order valence-electron chi connectivity index (χ2n) is 5.87. The summed E-state index contributed by atoms with van der Waals surface area (Å²) in [5.41, 5.74) is 1.22. The maximum absolute atomic E-state index is 12.3. The largest absolute Gasteiger partial charge is 0.496 e. The minimum Gasteiger partial charge on any atom is -0.496 e. The summed E-state index contributed by atoms with van der Waals surface area (Å²) in [6, 6.07) is 7.97. The summed E-state index contributed by atoms with van der Waals surface area (Å²) in [6.45, 7) is 1.84. The zero-order valence-electron chi connectivity index (χ0n) is 13.7. The number of ether oxygens (including phenoxy) is 2. The van der Waals surface area contributed by atoms with Gasteiger partial charge in [-0.05, 0) is 18.9 Å². The molecule has 6 nitrogen and oxygen atoms in total. The molecule has 0 saturated carbocycles. The zero-order valence-corrected chi connectivity index (χ0v) is 13.7. The molecule has 1 aliphatic heterocycles. The summed E-state index contributed by atoms with van der Waals surface area (Å²) in [6.07, 6.45) is 6.18. The predicted octanol–water partition coefficient (Wildman–Crippen LogP) is 1.96. The molecule has 1 aromatic carbocycles. The van der Waals surface area contributed by atoms with Crippen molar-refractivity contribution in [2.75, 3.05) is 26.9 Å². The number of para-hydroxylation sites is 1. The Labute approximate surface area is 141 Å². The number of rotatable bonds is 5. The summed E-state index contributed by atoms with van der Waals surface area (Å²) in [4.78, 5) is 20.3. The van der Waals surface area contributed by atoms with E-state index in [1.54, 1.807) is 13.3 Å². The van der Waals surface area contributed by atoms with Gasteiger partial charge in [0.1, 0.15) is 11.4 Å². The van der Waals surface area contributed by atoms with Gasteiger partial charge in [0.2, 0.25) is 0 Å². The van der Waals surface area contributed by atoms with Crippen LogP contribution in [0.2, 0.25) is 0 Å². The van der Waals surface area contributed by atoms with E-state index in [4.69, 9.17) is 9.47 Å². The van der Waals surface area contributed by atoms with Gasteiger partial charge in [-0.2, -0.15) is 0 Å². The van der Waals surface area contributed by atoms with Gasteiger partial charge in [0.05, 0.1) is 13.3 Å². The van der Waals surface area contributed by atoms with Crippen LogP contribution < -0.4 is 10.1 Å². The molecule has 2 aromatic rings. The average Bonchev–Trinajstić information content (AvgIpc) is 2.67. The molecule has 0 unspecified atom stereocenters. The molecular formula is C18H21N3O3. The quantitative estimate of drug-likeness (QED) is 0.909. The Morgan fingerprint density at radius 1 is 1.29 bits per heavy atom. The molecule has 126 valence electrons. The van der Waals surface area contributed by atoms with Crippen LogP contribution in [0.25, 0.3) is 0 Å². The monoisotopic (exact) mass is 327 g/mol. The molecule has 1 amide bonds. The molecule has 0 spiro atoms. The average molecular weight is 327 g/mol. The molecule has 1 fully saturated rings. The summed E-state index contributed by atoms with van der Waals surface area (Å²) >= 11 is 0. The molecule has 24 heavy (non-hydrogen) atoms. The smallest absolute Gasteiger partial charge is 0.271 e. The van der Waals surface area contributed by atoms with Gasteiger partial charge < -0.3 is 14.8 Å². The number of nitrogens with one attached hydrogen (secondary N) is 1. The summed E-state index contributed by atoms with van der Waals surface area (Å²) in [5.74, 6) is 0.622. The number of hydrogen-bond acceptors (Lipinski definition) is 5.